The van der Waals surface area contributed by atoms with Crippen LogP contribution in [-0.2, 0) is 6.42 Å². The molecule has 0 saturated carbocycles. The van der Waals surface area contributed by atoms with Crippen LogP contribution in [0.25, 0.3) is 11.4 Å². The summed E-state index contributed by atoms with van der Waals surface area (Å²) in [7, 11) is 0. The molecule has 4 nitrogen and oxygen atoms in total. The van der Waals surface area contributed by atoms with Gasteiger partial charge < -0.3 is 4.74 Å². The van der Waals surface area contributed by atoms with Crippen LogP contribution in [0.15, 0.2) is 30.7 Å². The first kappa shape index (κ1) is 21.3. The Morgan fingerprint density at radius 1 is 0.704 bits per heavy atom. The van der Waals surface area contributed by atoms with Crippen molar-refractivity contribution in [3.05, 3.63) is 36.4 Å². The summed E-state index contributed by atoms with van der Waals surface area (Å²) in [5, 5.41) is 0. The Hall–Kier alpha value is -1.97. The summed E-state index contributed by atoms with van der Waals surface area (Å²) in [5.74, 6) is 1.44. The third kappa shape index (κ3) is 8.51. The van der Waals surface area contributed by atoms with Crippen molar-refractivity contribution in [2.24, 2.45) is 0 Å². The van der Waals surface area contributed by atoms with Gasteiger partial charge >= 0.3 is 0 Å². The minimum atomic E-state index is 0.701. The second-order valence-corrected chi connectivity index (χ2v) is 7.21. The Balaban J connectivity index is 1.72. The molecule has 0 unspecified atom stereocenters. The molecule has 2 heterocycles. The number of ether oxygens (including phenoxy) is 1. The van der Waals surface area contributed by atoms with Crippen LogP contribution in [0.4, 0.5) is 0 Å². The third-order valence-corrected chi connectivity index (χ3v) is 4.76. The number of hydrogen-bond donors (Lipinski definition) is 0. The van der Waals surface area contributed by atoms with Crippen LogP contribution in [0.3, 0.4) is 0 Å². The number of aryl methyl sites for hydroxylation is 1. The van der Waals surface area contributed by atoms with Gasteiger partial charge in [-0.15, -0.1) is 0 Å². The van der Waals surface area contributed by atoms with Gasteiger partial charge in [0.25, 0.3) is 0 Å². The van der Waals surface area contributed by atoms with E-state index in [9.17, 15) is 0 Å². The van der Waals surface area contributed by atoms with Gasteiger partial charge in [-0.2, -0.15) is 0 Å². The number of pyridine rings is 1. The van der Waals surface area contributed by atoms with Crippen LogP contribution >= 0.6 is 0 Å². The molecule has 2 rings (SSSR count). The highest BCUT2D eigenvalue weighted by atomic mass is 16.5. The van der Waals surface area contributed by atoms with Gasteiger partial charge in [0, 0.05) is 17.5 Å². The highest BCUT2D eigenvalue weighted by molar-refractivity contribution is 5.53. The van der Waals surface area contributed by atoms with Crippen LogP contribution in [0.5, 0.6) is 5.75 Å². The van der Waals surface area contributed by atoms with E-state index in [1.165, 1.54) is 57.8 Å². The van der Waals surface area contributed by atoms with E-state index in [0.717, 1.165) is 36.5 Å². The third-order valence-electron chi connectivity index (χ3n) is 4.76. The maximum atomic E-state index is 5.75. The van der Waals surface area contributed by atoms with E-state index < -0.39 is 0 Å². The summed E-state index contributed by atoms with van der Waals surface area (Å²) in [4.78, 5) is 13.4. The Morgan fingerprint density at radius 3 is 2.04 bits per heavy atom. The number of nitrogens with zero attached hydrogens (tertiary/aromatic N) is 3. The molecule has 0 fully saturated rings. The van der Waals surface area contributed by atoms with Crippen LogP contribution in [-0.4, -0.2) is 21.6 Å². The molecule has 0 aliphatic rings. The van der Waals surface area contributed by atoms with E-state index in [1.54, 1.807) is 12.4 Å². The molecule has 148 valence electrons. The SMILES string of the molecule is CCCCCCCCOc1cnc(-c2ccc(CCCCCC)nc2)nc1. The fourth-order valence-electron chi connectivity index (χ4n) is 3.05. The number of aromatic nitrogens is 3. The van der Waals surface area contributed by atoms with Gasteiger partial charge in [-0.3, -0.25) is 4.98 Å². The van der Waals surface area contributed by atoms with E-state index >= 15 is 0 Å². The van der Waals surface area contributed by atoms with Crippen molar-refractivity contribution in [3.63, 3.8) is 0 Å². The lowest BCUT2D eigenvalue weighted by Gasteiger charge is -2.07. The summed E-state index contributed by atoms with van der Waals surface area (Å²) in [5.41, 5.74) is 2.10. The van der Waals surface area contributed by atoms with Crippen molar-refractivity contribution in [2.75, 3.05) is 6.61 Å². The zero-order valence-corrected chi connectivity index (χ0v) is 17.1. The Morgan fingerprint density at radius 2 is 1.37 bits per heavy atom. The smallest absolute Gasteiger partial charge is 0.160 e. The van der Waals surface area contributed by atoms with E-state index in [4.69, 9.17) is 4.74 Å². The molecule has 0 saturated heterocycles. The molecule has 27 heavy (non-hydrogen) atoms. The predicted molar refractivity (Wildman–Crippen MR) is 112 cm³/mol. The minimum Gasteiger partial charge on any atom is -0.490 e. The van der Waals surface area contributed by atoms with Crippen molar-refractivity contribution >= 4 is 0 Å². The molecule has 0 spiro atoms. The van der Waals surface area contributed by atoms with E-state index in [0.29, 0.717) is 5.82 Å². The molecule has 0 bridgehead atoms. The Kier molecular flexibility index (Phi) is 10.5. The minimum absolute atomic E-state index is 0.701. The summed E-state index contributed by atoms with van der Waals surface area (Å²) in [6.45, 7) is 5.22. The Bertz CT molecular complexity index is 611. The fraction of sp³-hybridized carbons (Fsp3) is 0.609. The zero-order valence-electron chi connectivity index (χ0n) is 17.1. The quantitative estimate of drug-likeness (QED) is 0.361. The van der Waals surface area contributed by atoms with Gasteiger partial charge in [0.05, 0.1) is 19.0 Å². The van der Waals surface area contributed by atoms with Crippen molar-refractivity contribution < 1.29 is 4.74 Å². The molecular formula is C23H35N3O. The number of rotatable bonds is 14. The molecule has 0 radical (unpaired) electrons. The van der Waals surface area contributed by atoms with E-state index in [1.807, 2.05) is 6.20 Å². The molecule has 0 aliphatic carbocycles. The lowest BCUT2D eigenvalue weighted by atomic mass is 10.1. The molecule has 4 heteroatoms. The molecule has 0 atom stereocenters. The molecular weight excluding hydrogens is 334 g/mol. The zero-order chi connectivity index (χ0) is 19.2. The summed E-state index contributed by atoms with van der Waals surface area (Å²) in [6.07, 6.45) is 19.1. The largest absolute Gasteiger partial charge is 0.490 e. The monoisotopic (exact) mass is 369 g/mol. The van der Waals surface area contributed by atoms with Gasteiger partial charge in [0.15, 0.2) is 11.6 Å². The molecule has 0 aromatic carbocycles. The molecule has 2 aromatic heterocycles. The second-order valence-electron chi connectivity index (χ2n) is 7.21. The number of hydrogen-bond acceptors (Lipinski definition) is 4. The van der Waals surface area contributed by atoms with E-state index in [-0.39, 0.29) is 0 Å². The van der Waals surface area contributed by atoms with Crippen LogP contribution < -0.4 is 4.74 Å². The van der Waals surface area contributed by atoms with Gasteiger partial charge in [-0.05, 0) is 31.4 Å². The highest BCUT2D eigenvalue weighted by Gasteiger charge is 2.04. The van der Waals surface area contributed by atoms with E-state index in [2.05, 4.69) is 40.9 Å². The lowest BCUT2D eigenvalue weighted by Crippen LogP contribution is -1.99. The maximum Gasteiger partial charge on any atom is 0.160 e. The fourth-order valence-corrected chi connectivity index (χ4v) is 3.05. The molecule has 0 aliphatic heterocycles. The lowest BCUT2D eigenvalue weighted by molar-refractivity contribution is 0.302. The first-order valence-corrected chi connectivity index (χ1v) is 10.7. The van der Waals surface area contributed by atoms with Gasteiger partial charge in [0.2, 0.25) is 0 Å². The average molecular weight is 370 g/mol. The number of unbranched alkanes of at least 4 members (excludes halogenated alkanes) is 8. The van der Waals surface area contributed by atoms with Crippen LogP contribution in [0.1, 0.15) is 83.7 Å². The van der Waals surface area contributed by atoms with Crippen molar-refractivity contribution in [3.8, 4) is 17.1 Å². The first-order chi connectivity index (χ1) is 13.3. The normalized spacial score (nSPS) is 10.9. The molecule has 0 amide bonds. The Labute approximate surface area is 164 Å². The van der Waals surface area contributed by atoms with Crippen molar-refractivity contribution in [1.82, 2.24) is 15.0 Å². The van der Waals surface area contributed by atoms with Gasteiger partial charge in [0.1, 0.15) is 0 Å². The summed E-state index contributed by atoms with van der Waals surface area (Å²) < 4.78 is 5.75. The van der Waals surface area contributed by atoms with Crippen LogP contribution in [0, 0.1) is 0 Å². The van der Waals surface area contributed by atoms with Crippen LogP contribution in [0.2, 0.25) is 0 Å². The molecule has 2 aromatic rings. The summed E-state index contributed by atoms with van der Waals surface area (Å²) in [6, 6.07) is 4.15. The van der Waals surface area contributed by atoms with Gasteiger partial charge in [-0.25, -0.2) is 9.97 Å². The second kappa shape index (κ2) is 13.2. The van der Waals surface area contributed by atoms with Crippen molar-refractivity contribution in [1.29, 1.82) is 0 Å². The van der Waals surface area contributed by atoms with Crippen molar-refractivity contribution in [2.45, 2.75) is 84.5 Å². The standard InChI is InChI=1S/C23H35N3O/c1-3-5-7-9-10-12-16-27-22-18-25-23(26-19-22)20-14-15-21(24-17-20)13-11-8-6-4-2/h14-15,17-19H,3-13,16H2,1-2H3. The summed E-state index contributed by atoms with van der Waals surface area (Å²) >= 11 is 0. The maximum absolute atomic E-state index is 5.75. The molecule has 0 N–H and O–H groups in total. The van der Waals surface area contributed by atoms with Gasteiger partial charge in [-0.1, -0.05) is 65.2 Å². The highest BCUT2D eigenvalue weighted by Crippen LogP contribution is 2.17. The first-order valence-electron chi connectivity index (χ1n) is 10.7. The predicted octanol–water partition coefficient (Wildman–Crippen LogP) is 6.40. The topological polar surface area (TPSA) is 47.9 Å². The average Bonchev–Trinajstić information content (AvgIpc) is 2.71.